The topological polar surface area (TPSA) is 53.9 Å². The summed E-state index contributed by atoms with van der Waals surface area (Å²) in [4.78, 5) is 4.89. The Hall–Kier alpha value is -10.1. The molecule has 0 saturated carbocycles. The predicted molar refractivity (Wildman–Crippen MR) is 336 cm³/mol. The summed E-state index contributed by atoms with van der Waals surface area (Å²) < 4.78 is 98.5. The number of para-hydroxylation sites is 5. The van der Waals surface area contributed by atoms with Crippen LogP contribution in [-0.2, 0) is 26.5 Å². The Balaban J connectivity index is 0.00000673. The fourth-order valence-electron chi connectivity index (χ4n) is 12.5. The summed E-state index contributed by atoms with van der Waals surface area (Å²) >= 11 is 0. The van der Waals surface area contributed by atoms with Gasteiger partial charge in [0.15, 0.2) is 0 Å². The Bertz CT molecular complexity index is 5830. The van der Waals surface area contributed by atoms with Crippen LogP contribution in [-0.4, -0.2) is 18.7 Å². The molecule has 0 bridgehead atoms. The van der Waals surface area contributed by atoms with Crippen molar-refractivity contribution >= 4 is 76.6 Å². The van der Waals surface area contributed by atoms with Crippen LogP contribution in [0.5, 0.6) is 11.5 Å². The standard InChI is InChI=1S/C76H49N5O2.Pt/c1-76(2,3)48-38-39-77-73(41-48)81-68-32-14-10-26-60(68)61-36-35-52(45-69(61)81)82-51-19-16-18-49(42-51)78-46-79-74-53(47-34-37-72-64(40-47)62-27-11-15-33-71(62)83-72)28-17-29-63(74)56-22-6-4-20-54(56)55-21-5-7-23-57(55)65-43-50(44-70(78)75(65)79)80-66-30-12-8-24-58(66)59-25-9-13-31-67(59)80;/h4-41,43-44H,1-3H3;/q-2;/i4D,5D,6D,7D,20D,21D,22D,23D;. The maximum absolute atomic E-state index is 10.1. The molecule has 0 radical (unpaired) electrons. The van der Waals surface area contributed by atoms with Gasteiger partial charge in [-0.3, -0.25) is 4.57 Å². The molecule has 0 spiro atoms. The molecular weight excluding hydrogens is 1210 g/mol. The van der Waals surface area contributed by atoms with Crippen molar-refractivity contribution < 1.29 is 45.8 Å². The molecule has 1 aliphatic rings. The number of ether oxygens (including phenoxy) is 1. The van der Waals surface area contributed by atoms with Crippen molar-refractivity contribution in [3.05, 3.63) is 267 Å². The number of aromatic nitrogens is 5. The van der Waals surface area contributed by atoms with Gasteiger partial charge in [0.1, 0.15) is 17.0 Å². The first kappa shape index (κ1) is 41.9. The number of rotatable bonds is 6. The summed E-state index contributed by atoms with van der Waals surface area (Å²) in [6.45, 7) is 6.56. The van der Waals surface area contributed by atoms with E-state index in [1.165, 1.54) is 0 Å². The van der Waals surface area contributed by atoms with E-state index in [0.717, 1.165) is 76.9 Å². The van der Waals surface area contributed by atoms with E-state index >= 15 is 0 Å². The molecule has 16 aromatic rings. The van der Waals surface area contributed by atoms with Crippen molar-refractivity contribution in [2.24, 2.45) is 0 Å². The molecule has 0 aliphatic carbocycles. The third kappa shape index (κ3) is 7.62. The maximum Gasteiger partial charge on any atom is 0.268 e. The Morgan fingerprint density at radius 2 is 1.11 bits per heavy atom. The normalized spacial score (nSPS) is 13.5. The van der Waals surface area contributed by atoms with Gasteiger partial charge in [0.2, 0.25) is 0 Å². The number of hydrogen-bond acceptors (Lipinski definition) is 3. The average Bonchev–Trinajstić information content (AvgIpc) is 1.47. The summed E-state index contributed by atoms with van der Waals surface area (Å²) in [6, 6.07) is 65.0. The summed E-state index contributed by atoms with van der Waals surface area (Å²) in [7, 11) is 0. The molecule has 84 heavy (non-hydrogen) atoms. The first-order valence-electron chi connectivity index (χ1n) is 31.5. The van der Waals surface area contributed by atoms with E-state index in [1.54, 1.807) is 0 Å². The predicted octanol–water partition coefficient (Wildman–Crippen LogP) is 18.9. The van der Waals surface area contributed by atoms with Gasteiger partial charge in [-0.25, -0.2) is 4.98 Å². The molecule has 0 atom stereocenters. The summed E-state index contributed by atoms with van der Waals surface area (Å²) in [6.07, 6.45) is 5.64. The van der Waals surface area contributed by atoms with Crippen LogP contribution in [0, 0.1) is 18.5 Å². The minimum atomic E-state index is -0.557. The van der Waals surface area contributed by atoms with Gasteiger partial charge in [-0.15, -0.1) is 29.7 Å². The van der Waals surface area contributed by atoms with Crippen molar-refractivity contribution in [3.8, 4) is 78.9 Å². The molecule has 7 nitrogen and oxygen atoms in total. The molecule has 0 N–H and O–H groups in total. The average molecular weight is 1270 g/mol. The number of nitrogens with zero attached hydrogens (tertiary/aromatic N) is 5. The smallest absolute Gasteiger partial charge is 0.268 e. The minimum Gasteiger partial charge on any atom is -0.510 e. The van der Waals surface area contributed by atoms with E-state index in [1.807, 2.05) is 149 Å². The Kier molecular flexibility index (Phi) is 9.47. The number of benzene rings is 11. The van der Waals surface area contributed by atoms with Crippen LogP contribution in [0.25, 0.3) is 144 Å². The van der Waals surface area contributed by atoms with E-state index in [4.69, 9.17) is 14.1 Å². The molecule has 0 amide bonds. The molecule has 11 aromatic carbocycles. The van der Waals surface area contributed by atoms with Crippen LogP contribution in [0.2, 0.25) is 0 Å². The Morgan fingerprint density at radius 1 is 0.500 bits per heavy atom. The van der Waals surface area contributed by atoms with Gasteiger partial charge in [-0.05, 0) is 127 Å². The van der Waals surface area contributed by atoms with Crippen LogP contribution >= 0.6 is 0 Å². The first-order chi connectivity index (χ1) is 44.1. The molecule has 17 rings (SSSR count). The number of hydrogen-bond donors (Lipinski definition) is 0. The second-order valence-electron chi connectivity index (χ2n) is 22.1. The van der Waals surface area contributed by atoms with Crippen LogP contribution in [0.15, 0.2) is 247 Å². The van der Waals surface area contributed by atoms with Crippen LogP contribution in [0.1, 0.15) is 37.3 Å². The SMILES string of the molecule is [2H]c1c([2H])c([2H])c2c(c1[2H])-c1cccc(-c3ccc4oc5ccccc5c4c3)c1-[n+]1[c-]n(-c3[c-]c(Oc4[c-]c5c(cc4)c4ccccc4n5-c4cc(C(C)(C)C)ccn4)ccc3)c3cc(-n4c5ccccc5c5ccccc54)cc(c31)-c1c([2H])c([2H])c([2H])c([2H])c1-2.[Pt]. The zero-order valence-electron chi connectivity index (χ0n) is 53.3. The van der Waals surface area contributed by atoms with Crippen molar-refractivity contribution in [1.29, 1.82) is 0 Å². The van der Waals surface area contributed by atoms with Crippen molar-refractivity contribution in [1.82, 2.24) is 18.7 Å². The van der Waals surface area contributed by atoms with Gasteiger partial charge in [0.25, 0.3) is 6.33 Å². The van der Waals surface area contributed by atoms with E-state index < -0.39 is 42.3 Å². The van der Waals surface area contributed by atoms with Crippen LogP contribution < -0.4 is 9.30 Å². The largest absolute Gasteiger partial charge is 0.510 e. The Labute approximate surface area is 510 Å². The number of furan rings is 1. The minimum absolute atomic E-state index is 0. The molecule has 1 aliphatic heterocycles. The summed E-state index contributed by atoms with van der Waals surface area (Å²) in [5.74, 6) is 1.54. The zero-order valence-corrected chi connectivity index (χ0v) is 47.6. The molecule has 0 fully saturated rings. The van der Waals surface area contributed by atoms with Gasteiger partial charge in [0.05, 0.1) is 38.7 Å². The summed E-state index contributed by atoms with van der Waals surface area (Å²) in [5.41, 5.74) is 10.5. The molecular formula is C76H49N5O2Pt-2. The van der Waals surface area contributed by atoms with Gasteiger partial charge >= 0.3 is 0 Å². The van der Waals surface area contributed by atoms with E-state index in [0.29, 0.717) is 61.9 Å². The van der Waals surface area contributed by atoms with Gasteiger partial charge < -0.3 is 22.9 Å². The molecule has 5 aromatic heterocycles. The number of pyridine rings is 1. The molecule has 402 valence electrons. The quantitative estimate of drug-likeness (QED) is 0.123. The fraction of sp³-hybridized carbons (Fsp3) is 0.0526. The van der Waals surface area contributed by atoms with Crippen molar-refractivity contribution in [3.63, 3.8) is 0 Å². The van der Waals surface area contributed by atoms with Gasteiger partial charge in [-0.1, -0.05) is 172 Å². The van der Waals surface area contributed by atoms with Crippen molar-refractivity contribution in [2.75, 3.05) is 0 Å². The van der Waals surface area contributed by atoms with E-state index in [-0.39, 0.29) is 54.8 Å². The zero-order chi connectivity index (χ0) is 62.0. The third-order valence-corrected chi connectivity index (χ3v) is 16.3. The van der Waals surface area contributed by atoms with E-state index in [2.05, 4.69) is 103 Å². The maximum atomic E-state index is 10.1. The number of fused-ring (bicyclic) bond motifs is 16. The van der Waals surface area contributed by atoms with Gasteiger partial charge in [0, 0.05) is 71.5 Å². The fourth-order valence-corrected chi connectivity index (χ4v) is 12.5. The first-order valence-corrected chi connectivity index (χ1v) is 27.5. The van der Waals surface area contributed by atoms with Crippen LogP contribution in [0.3, 0.4) is 0 Å². The van der Waals surface area contributed by atoms with Gasteiger partial charge in [-0.2, -0.15) is 18.2 Å². The van der Waals surface area contributed by atoms with E-state index in [9.17, 15) is 11.0 Å². The second-order valence-corrected chi connectivity index (χ2v) is 22.1. The molecule has 0 unspecified atom stereocenters. The Morgan fingerprint density at radius 3 is 1.83 bits per heavy atom. The molecule has 0 saturated heterocycles. The molecule has 6 heterocycles. The number of imidazole rings is 1. The summed E-state index contributed by atoms with van der Waals surface area (Å²) in [5, 5.41) is 5.77. The van der Waals surface area contributed by atoms with Crippen molar-refractivity contribution in [2.45, 2.75) is 26.2 Å². The monoisotopic (exact) mass is 1270 g/mol. The van der Waals surface area contributed by atoms with Crippen LogP contribution in [0.4, 0.5) is 0 Å². The molecule has 8 heteroatoms. The second kappa shape index (κ2) is 19.0. The third-order valence-electron chi connectivity index (χ3n) is 16.3.